The number of anilines is 2. The Hall–Kier alpha value is -3.88. The second kappa shape index (κ2) is 10.8. The van der Waals surface area contributed by atoms with Crippen LogP contribution in [-0.4, -0.2) is 36.6 Å². The van der Waals surface area contributed by atoms with Crippen molar-refractivity contribution >= 4 is 27.5 Å². The van der Waals surface area contributed by atoms with Gasteiger partial charge in [-0.05, 0) is 65.8 Å². The number of carbonyl (C=O) groups is 1. The Morgan fingerprint density at radius 3 is 2.13 bits per heavy atom. The van der Waals surface area contributed by atoms with Crippen molar-refractivity contribution in [2.75, 3.05) is 11.9 Å². The molecule has 0 saturated heterocycles. The normalized spacial score (nSPS) is 14.5. The minimum atomic E-state index is -5.84. The Balaban J connectivity index is 0.000000436. The number of hydrogen-bond acceptors (Lipinski definition) is 5. The molecule has 1 heterocycles. The minimum absolute atomic E-state index is 0.488. The number of benzene rings is 3. The maximum absolute atomic E-state index is 12.5. The molecule has 0 aromatic heterocycles. The van der Waals surface area contributed by atoms with Crippen molar-refractivity contribution in [1.82, 2.24) is 0 Å². The standard InChI is InChI=1S/C26H24N2O2.CHF3O3S/c1-16-14-18(8-7-13-27)15-17(2)23(16)20-10-6-12-22-24(20)25(26(29)30)19-9-4-5-11-21(19)28(22)3;2-1(3,4)8(5,6)7/h4-6,9-12,14-15,25H,7-8H2,1-3H3,(H,29,30);(H,5,6,7). The third-order valence-electron chi connectivity index (χ3n) is 6.27. The van der Waals surface area contributed by atoms with Gasteiger partial charge in [-0.1, -0.05) is 42.5 Å². The smallest absolute Gasteiger partial charge is 0.481 e. The first-order chi connectivity index (χ1) is 17.7. The van der Waals surface area contributed by atoms with E-state index in [0.29, 0.717) is 6.42 Å². The second-order valence-electron chi connectivity index (χ2n) is 8.81. The fourth-order valence-electron chi connectivity index (χ4n) is 4.77. The number of halogens is 3. The van der Waals surface area contributed by atoms with Gasteiger partial charge >= 0.3 is 21.6 Å². The van der Waals surface area contributed by atoms with Gasteiger partial charge in [0.2, 0.25) is 0 Å². The monoisotopic (exact) mass is 546 g/mol. The van der Waals surface area contributed by atoms with Crippen molar-refractivity contribution in [2.24, 2.45) is 0 Å². The van der Waals surface area contributed by atoms with Crippen LogP contribution in [0.25, 0.3) is 11.1 Å². The molecule has 0 radical (unpaired) electrons. The van der Waals surface area contributed by atoms with E-state index in [9.17, 15) is 23.1 Å². The number of nitriles is 1. The number of para-hydroxylation sites is 1. The molecule has 7 nitrogen and oxygen atoms in total. The van der Waals surface area contributed by atoms with Crippen LogP contribution >= 0.6 is 0 Å². The van der Waals surface area contributed by atoms with Crippen molar-refractivity contribution in [3.8, 4) is 17.2 Å². The van der Waals surface area contributed by atoms with Crippen LogP contribution < -0.4 is 4.90 Å². The Morgan fingerprint density at radius 2 is 1.61 bits per heavy atom. The number of fused-ring (bicyclic) bond motifs is 2. The van der Waals surface area contributed by atoms with Crippen molar-refractivity contribution in [3.05, 3.63) is 82.4 Å². The predicted octanol–water partition coefficient (Wildman–Crippen LogP) is 6.12. The zero-order valence-corrected chi connectivity index (χ0v) is 21.6. The molecule has 0 spiro atoms. The summed E-state index contributed by atoms with van der Waals surface area (Å²) in [6.07, 6.45) is 1.21. The Labute approximate surface area is 218 Å². The number of aryl methyl sites for hydroxylation is 3. The summed E-state index contributed by atoms with van der Waals surface area (Å²) in [6, 6.07) is 20.2. The van der Waals surface area contributed by atoms with Gasteiger partial charge in [0.25, 0.3) is 0 Å². The van der Waals surface area contributed by atoms with Crippen LogP contribution in [-0.2, 0) is 21.3 Å². The van der Waals surface area contributed by atoms with E-state index in [1.165, 1.54) is 0 Å². The first-order valence-electron chi connectivity index (χ1n) is 11.4. The number of aliphatic carboxylic acids is 1. The van der Waals surface area contributed by atoms with E-state index in [1.807, 2.05) is 49.5 Å². The van der Waals surface area contributed by atoms with Crippen LogP contribution in [0.15, 0.2) is 54.6 Å². The lowest BCUT2D eigenvalue weighted by Gasteiger charge is -2.35. The summed E-state index contributed by atoms with van der Waals surface area (Å²) in [6.45, 7) is 4.13. The number of hydrogen-bond donors (Lipinski definition) is 2. The molecule has 200 valence electrons. The Morgan fingerprint density at radius 1 is 1.05 bits per heavy atom. The van der Waals surface area contributed by atoms with E-state index in [0.717, 1.165) is 56.7 Å². The van der Waals surface area contributed by atoms with E-state index in [2.05, 4.69) is 36.9 Å². The topological polar surface area (TPSA) is 119 Å². The average Bonchev–Trinajstić information content (AvgIpc) is 2.82. The summed E-state index contributed by atoms with van der Waals surface area (Å²) < 4.78 is 57.5. The molecule has 38 heavy (non-hydrogen) atoms. The molecule has 1 atom stereocenters. The summed E-state index contributed by atoms with van der Waals surface area (Å²) >= 11 is 0. The van der Waals surface area contributed by atoms with Crippen LogP contribution in [0.5, 0.6) is 0 Å². The van der Waals surface area contributed by atoms with E-state index >= 15 is 0 Å². The van der Waals surface area contributed by atoms with Gasteiger partial charge in [0, 0.05) is 30.4 Å². The van der Waals surface area contributed by atoms with E-state index < -0.39 is 27.5 Å². The molecule has 0 fully saturated rings. The Bertz CT molecular complexity index is 1510. The highest BCUT2D eigenvalue weighted by Crippen LogP contribution is 2.49. The van der Waals surface area contributed by atoms with Gasteiger partial charge in [-0.25, -0.2) is 0 Å². The van der Waals surface area contributed by atoms with Gasteiger partial charge < -0.3 is 10.0 Å². The van der Waals surface area contributed by atoms with Crippen LogP contribution in [0.4, 0.5) is 24.5 Å². The lowest BCUT2D eigenvalue weighted by atomic mass is 9.79. The highest BCUT2D eigenvalue weighted by molar-refractivity contribution is 7.86. The molecule has 3 aromatic rings. The van der Waals surface area contributed by atoms with E-state index in [1.54, 1.807) is 0 Å². The molecule has 1 aliphatic heterocycles. The van der Waals surface area contributed by atoms with Crippen molar-refractivity contribution in [1.29, 1.82) is 5.26 Å². The molecule has 4 rings (SSSR count). The summed E-state index contributed by atoms with van der Waals surface area (Å²) in [5.41, 5.74) is 3.33. The summed E-state index contributed by atoms with van der Waals surface area (Å²) in [5.74, 6) is -1.56. The minimum Gasteiger partial charge on any atom is -0.481 e. The fraction of sp³-hybridized carbons (Fsp3) is 0.259. The highest BCUT2D eigenvalue weighted by Gasteiger charge is 2.44. The fourth-order valence-corrected chi connectivity index (χ4v) is 4.77. The van der Waals surface area contributed by atoms with Gasteiger partial charge in [-0.3, -0.25) is 9.35 Å². The molecule has 3 aromatic carbocycles. The first kappa shape index (κ1) is 28.7. The maximum atomic E-state index is 12.5. The third kappa shape index (κ3) is 5.66. The molecule has 0 bridgehead atoms. The maximum Gasteiger partial charge on any atom is 0.522 e. The van der Waals surface area contributed by atoms with Crippen molar-refractivity contribution in [2.45, 2.75) is 38.1 Å². The zero-order chi connectivity index (χ0) is 28.4. The van der Waals surface area contributed by atoms with Crippen LogP contribution in [0.2, 0.25) is 0 Å². The van der Waals surface area contributed by atoms with Gasteiger partial charge in [-0.15, -0.1) is 0 Å². The van der Waals surface area contributed by atoms with Crippen LogP contribution in [0, 0.1) is 25.2 Å². The molecule has 0 saturated carbocycles. The van der Waals surface area contributed by atoms with Gasteiger partial charge in [-0.2, -0.15) is 26.9 Å². The number of carboxylic acid groups (broad SMARTS) is 1. The second-order valence-corrected chi connectivity index (χ2v) is 10.2. The summed E-state index contributed by atoms with van der Waals surface area (Å²) in [7, 11) is -3.85. The molecule has 0 aliphatic carbocycles. The lowest BCUT2D eigenvalue weighted by molar-refractivity contribution is -0.137. The molecule has 11 heteroatoms. The summed E-state index contributed by atoms with van der Waals surface area (Å²) in [5, 5.41) is 19.1. The molecule has 1 unspecified atom stereocenters. The number of carboxylic acids is 1. The Kier molecular flexibility index (Phi) is 8.19. The van der Waals surface area contributed by atoms with Crippen LogP contribution in [0.1, 0.15) is 40.2 Å². The van der Waals surface area contributed by atoms with Crippen LogP contribution in [0.3, 0.4) is 0 Å². The molecular weight excluding hydrogens is 521 g/mol. The van der Waals surface area contributed by atoms with Gasteiger partial charge in [0.15, 0.2) is 0 Å². The summed E-state index contributed by atoms with van der Waals surface area (Å²) in [4.78, 5) is 14.5. The molecule has 1 aliphatic rings. The molecule has 2 N–H and O–H groups in total. The van der Waals surface area contributed by atoms with Crippen molar-refractivity contribution < 1.29 is 36.0 Å². The quantitative estimate of drug-likeness (QED) is 0.299. The average molecular weight is 547 g/mol. The lowest BCUT2D eigenvalue weighted by Crippen LogP contribution is -2.26. The van der Waals surface area contributed by atoms with E-state index in [4.69, 9.17) is 18.2 Å². The SMILES string of the molecule is Cc1cc(CCC#N)cc(C)c1-c1cccc2c1C(C(=O)O)c1ccccc1N2C.O=S(=O)(O)C(F)(F)F. The number of alkyl halides is 3. The molecule has 0 amide bonds. The van der Waals surface area contributed by atoms with Gasteiger partial charge in [0.1, 0.15) is 5.92 Å². The van der Waals surface area contributed by atoms with Gasteiger partial charge in [0.05, 0.1) is 6.07 Å². The largest absolute Gasteiger partial charge is 0.522 e. The third-order valence-corrected chi connectivity index (χ3v) is 6.85. The number of nitrogens with zero attached hydrogens (tertiary/aromatic N) is 2. The molecular formula is C27H25F3N2O5S. The van der Waals surface area contributed by atoms with Crippen molar-refractivity contribution in [3.63, 3.8) is 0 Å². The first-order valence-corrected chi connectivity index (χ1v) is 12.8. The predicted molar refractivity (Wildman–Crippen MR) is 137 cm³/mol. The zero-order valence-electron chi connectivity index (χ0n) is 20.7. The highest BCUT2D eigenvalue weighted by atomic mass is 32.2. The van der Waals surface area contributed by atoms with E-state index in [-0.39, 0.29) is 0 Å². The number of rotatable bonds is 4.